The van der Waals surface area contributed by atoms with Gasteiger partial charge in [0.25, 0.3) is 5.91 Å². The van der Waals surface area contributed by atoms with Crippen LogP contribution in [0.15, 0.2) is 24.3 Å². The number of amides is 1. The van der Waals surface area contributed by atoms with Crippen LogP contribution in [0.3, 0.4) is 0 Å². The molecule has 0 aromatic heterocycles. The van der Waals surface area contributed by atoms with Gasteiger partial charge in [-0.15, -0.1) is 0 Å². The second-order valence-corrected chi connectivity index (χ2v) is 4.18. The summed E-state index contributed by atoms with van der Waals surface area (Å²) in [5.74, 6) is 0.635. The molecule has 0 radical (unpaired) electrons. The van der Waals surface area contributed by atoms with Gasteiger partial charge in [-0.1, -0.05) is 25.1 Å². The van der Waals surface area contributed by atoms with Crippen LogP contribution < -0.4 is 15.4 Å². The minimum atomic E-state index is -0.126. The van der Waals surface area contributed by atoms with Crippen molar-refractivity contribution in [3.8, 4) is 5.75 Å². The SMILES string of the molecule is CCCNC(C)c1ccccc1OCC(=O)NC. The fraction of sp³-hybridized carbons (Fsp3) is 0.500. The van der Waals surface area contributed by atoms with E-state index in [0.29, 0.717) is 0 Å². The van der Waals surface area contributed by atoms with Crippen molar-refractivity contribution in [3.63, 3.8) is 0 Å². The molecular formula is C14H22N2O2. The first kappa shape index (κ1) is 14.5. The monoisotopic (exact) mass is 250 g/mol. The number of hydrogen-bond donors (Lipinski definition) is 2. The van der Waals surface area contributed by atoms with Crippen molar-refractivity contribution in [2.45, 2.75) is 26.3 Å². The molecule has 0 aliphatic carbocycles. The van der Waals surface area contributed by atoms with E-state index in [1.165, 1.54) is 0 Å². The Hall–Kier alpha value is -1.55. The molecule has 0 saturated carbocycles. The molecule has 0 bridgehead atoms. The number of nitrogens with one attached hydrogen (secondary N) is 2. The molecule has 1 atom stereocenters. The van der Waals surface area contributed by atoms with E-state index in [1.807, 2.05) is 24.3 Å². The molecule has 0 aliphatic rings. The summed E-state index contributed by atoms with van der Waals surface area (Å²) in [6, 6.07) is 8.02. The van der Waals surface area contributed by atoms with Gasteiger partial charge < -0.3 is 15.4 Å². The van der Waals surface area contributed by atoms with E-state index in [1.54, 1.807) is 7.05 Å². The minimum absolute atomic E-state index is 0.0496. The molecule has 100 valence electrons. The molecule has 0 fully saturated rings. The normalized spacial score (nSPS) is 11.9. The summed E-state index contributed by atoms with van der Waals surface area (Å²) < 4.78 is 5.54. The van der Waals surface area contributed by atoms with Gasteiger partial charge in [-0.05, 0) is 26.0 Å². The van der Waals surface area contributed by atoms with E-state index in [-0.39, 0.29) is 18.6 Å². The zero-order valence-corrected chi connectivity index (χ0v) is 11.3. The van der Waals surface area contributed by atoms with Gasteiger partial charge in [0.15, 0.2) is 6.61 Å². The van der Waals surface area contributed by atoms with Crippen LogP contribution in [-0.4, -0.2) is 26.1 Å². The van der Waals surface area contributed by atoms with Crippen molar-refractivity contribution in [1.29, 1.82) is 0 Å². The molecule has 1 aromatic rings. The van der Waals surface area contributed by atoms with E-state index >= 15 is 0 Å². The maximum absolute atomic E-state index is 11.2. The van der Waals surface area contributed by atoms with Crippen LogP contribution in [0.2, 0.25) is 0 Å². The predicted molar refractivity (Wildman–Crippen MR) is 72.7 cm³/mol. The highest BCUT2D eigenvalue weighted by Gasteiger charge is 2.11. The molecule has 0 heterocycles. The number of carbonyl (C=O) groups excluding carboxylic acids is 1. The number of likely N-dealkylation sites (N-methyl/N-ethyl adjacent to an activating group) is 1. The van der Waals surface area contributed by atoms with Crippen LogP contribution in [0.25, 0.3) is 0 Å². The lowest BCUT2D eigenvalue weighted by Crippen LogP contribution is -2.26. The van der Waals surface area contributed by atoms with Gasteiger partial charge >= 0.3 is 0 Å². The molecule has 0 saturated heterocycles. The van der Waals surface area contributed by atoms with E-state index in [4.69, 9.17) is 4.74 Å². The molecule has 18 heavy (non-hydrogen) atoms. The zero-order valence-electron chi connectivity index (χ0n) is 11.3. The van der Waals surface area contributed by atoms with Gasteiger partial charge in [-0.3, -0.25) is 4.79 Å². The summed E-state index contributed by atoms with van der Waals surface area (Å²) in [7, 11) is 1.60. The number of para-hydroxylation sites is 1. The maximum atomic E-state index is 11.2. The third kappa shape index (κ3) is 4.37. The highest BCUT2D eigenvalue weighted by atomic mass is 16.5. The molecule has 1 unspecified atom stereocenters. The van der Waals surface area contributed by atoms with E-state index in [9.17, 15) is 4.79 Å². The number of hydrogen-bond acceptors (Lipinski definition) is 3. The molecule has 1 amide bonds. The maximum Gasteiger partial charge on any atom is 0.257 e. The number of ether oxygens (including phenoxy) is 1. The molecule has 2 N–H and O–H groups in total. The highest BCUT2D eigenvalue weighted by Crippen LogP contribution is 2.24. The van der Waals surface area contributed by atoms with Crippen molar-refractivity contribution >= 4 is 5.91 Å². The number of rotatable bonds is 7. The lowest BCUT2D eigenvalue weighted by atomic mass is 10.1. The van der Waals surface area contributed by atoms with Gasteiger partial charge in [-0.2, -0.15) is 0 Å². The quantitative estimate of drug-likeness (QED) is 0.776. The smallest absolute Gasteiger partial charge is 0.257 e. The van der Waals surface area contributed by atoms with Crippen LogP contribution in [0.4, 0.5) is 0 Å². The molecule has 4 heteroatoms. The van der Waals surface area contributed by atoms with E-state index in [0.717, 1.165) is 24.3 Å². The largest absolute Gasteiger partial charge is 0.483 e. The Kier molecular flexibility index (Phi) is 6.22. The zero-order chi connectivity index (χ0) is 13.4. The Bertz CT molecular complexity index is 380. The Morgan fingerprint density at radius 3 is 2.78 bits per heavy atom. The average Bonchev–Trinajstić information content (AvgIpc) is 2.42. The van der Waals surface area contributed by atoms with Crippen LogP contribution in [0.1, 0.15) is 31.9 Å². The predicted octanol–water partition coefficient (Wildman–Crippen LogP) is 1.87. The second kappa shape index (κ2) is 7.71. The third-order valence-electron chi connectivity index (χ3n) is 2.72. The summed E-state index contributed by atoms with van der Waals surface area (Å²) in [4.78, 5) is 11.2. The highest BCUT2D eigenvalue weighted by molar-refractivity contribution is 5.77. The van der Waals surface area contributed by atoms with Crippen molar-refractivity contribution in [2.24, 2.45) is 0 Å². The summed E-state index contributed by atoms with van der Waals surface area (Å²) in [6.45, 7) is 5.24. The lowest BCUT2D eigenvalue weighted by Gasteiger charge is -2.17. The fourth-order valence-electron chi connectivity index (χ4n) is 1.66. The summed E-state index contributed by atoms with van der Waals surface area (Å²) in [5.41, 5.74) is 1.08. The molecule has 0 aliphatic heterocycles. The second-order valence-electron chi connectivity index (χ2n) is 4.18. The van der Waals surface area contributed by atoms with Crippen LogP contribution in [-0.2, 0) is 4.79 Å². The molecule has 0 spiro atoms. The lowest BCUT2D eigenvalue weighted by molar-refractivity contribution is -0.122. The Morgan fingerprint density at radius 1 is 1.39 bits per heavy atom. The molecule has 1 rings (SSSR count). The van der Waals surface area contributed by atoms with Gasteiger partial charge in [0.1, 0.15) is 5.75 Å². The molecular weight excluding hydrogens is 228 g/mol. The van der Waals surface area contributed by atoms with Crippen LogP contribution >= 0.6 is 0 Å². The topological polar surface area (TPSA) is 50.4 Å². The van der Waals surface area contributed by atoms with Gasteiger partial charge in [0, 0.05) is 18.7 Å². The van der Waals surface area contributed by atoms with Crippen LogP contribution in [0, 0.1) is 0 Å². The first-order valence-corrected chi connectivity index (χ1v) is 6.34. The van der Waals surface area contributed by atoms with Crippen molar-refractivity contribution in [2.75, 3.05) is 20.2 Å². The van der Waals surface area contributed by atoms with Crippen molar-refractivity contribution < 1.29 is 9.53 Å². The van der Waals surface area contributed by atoms with E-state index < -0.39 is 0 Å². The first-order chi connectivity index (χ1) is 8.69. The van der Waals surface area contributed by atoms with Gasteiger partial charge in [0.2, 0.25) is 0 Å². The number of carbonyl (C=O) groups is 1. The van der Waals surface area contributed by atoms with Crippen molar-refractivity contribution in [1.82, 2.24) is 10.6 Å². The Labute approximate surface area is 109 Å². The van der Waals surface area contributed by atoms with Gasteiger partial charge in [-0.25, -0.2) is 0 Å². The molecule has 1 aromatic carbocycles. The Balaban J connectivity index is 2.69. The minimum Gasteiger partial charge on any atom is -0.483 e. The average molecular weight is 250 g/mol. The third-order valence-corrected chi connectivity index (χ3v) is 2.72. The summed E-state index contributed by atoms with van der Waals surface area (Å²) >= 11 is 0. The summed E-state index contributed by atoms with van der Waals surface area (Å²) in [5, 5.41) is 5.95. The first-order valence-electron chi connectivity index (χ1n) is 6.34. The van der Waals surface area contributed by atoms with Crippen LogP contribution in [0.5, 0.6) is 5.75 Å². The Morgan fingerprint density at radius 2 is 2.11 bits per heavy atom. The fourth-order valence-corrected chi connectivity index (χ4v) is 1.66. The standard InChI is InChI=1S/C14H22N2O2/c1-4-9-16-11(2)12-7-5-6-8-13(12)18-10-14(17)15-3/h5-8,11,16H,4,9-10H2,1-3H3,(H,15,17). The van der Waals surface area contributed by atoms with Gasteiger partial charge in [0.05, 0.1) is 0 Å². The number of benzene rings is 1. The van der Waals surface area contributed by atoms with E-state index in [2.05, 4.69) is 24.5 Å². The molecule has 4 nitrogen and oxygen atoms in total. The van der Waals surface area contributed by atoms with Crippen molar-refractivity contribution in [3.05, 3.63) is 29.8 Å². The summed E-state index contributed by atoms with van der Waals surface area (Å²) in [6.07, 6.45) is 1.09.